The van der Waals surface area contributed by atoms with Crippen molar-refractivity contribution in [1.82, 2.24) is 9.97 Å². The number of rotatable bonds is 2. The molecule has 0 spiro atoms. The number of sulfone groups is 1. The summed E-state index contributed by atoms with van der Waals surface area (Å²) < 4.78 is 23.0. The molecule has 0 bridgehead atoms. The fourth-order valence-corrected chi connectivity index (χ4v) is 3.85. The van der Waals surface area contributed by atoms with Crippen LogP contribution in [-0.4, -0.2) is 35.9 Å². The Bertz CT molecular complexity index is 624. The Labute approximate surface area is 131 Å². The van der Waals surface area contributed by atoms with Crippen LogP contribution < -0.4 is 5.32 Å². The average molecular weight is 332 g/mol. The summed E-state index contributed by atoms with van der Waals surface area (Å²) in [5, 5.41) is 3.79. The van der Waals surface area contributed by atoms with Gasteiger partial charge in [0.1, 0.15) is 26.6 Å². The van der Waals surface area contributed by atoms with E-state index in [-0.39, 0.29) is 23.0 Å². The van der Waals surface area contributed by atoms with E-state index in [1.54, 1.807) is 0 Å². The lowest BCUT2D eigenvalue weighted by molar-refractivity contribution is 0.541. The molecular weight excluding hydrogens is 310 g/mol. The number of nitrogens with zero attached hydrogens (tertiary/aromatic N) is 2. The monoisotopic (exact) mass is 331 g/mol. The van der Waals surface area contributed by atoms with Gasteiger partial charge in [-0.05, 0) is 19.8 Å². The largest absolute Gasteiger partial charge is 0.367 e. The lowest BCUT2D eigenvalue weighted by atomic mass is 9.95. The first kappa shape index (κ1) is 16.5. The molecule has 0 aliphatic carbocycles. The van der Waals surface area contributed by atoms with Crippen LogP contribution in [0.15, 0.2) is 0 Å². The van der Waals surface area contributed by atoms with E-state index in [0.717, 1.165) is 5.56 Å². The van der Waals surface area contributed by atoms with E-state index >= 15 is 0 Å². The quantitative estimate of drug-likeness (QED) is 0.844. The fourth-order valence-electron chi connectivity index (χ4n) is 2.19. The topological polar surface area (TPSA) is 72.0 Å². The Morgan fingerprint density at radius 3 is 2.29 bits per heavy atom. The second-order valence-corrected chi connectivity index (χ2v) is 9.29. The summed E-state index contributed by atoms with van der Waals surface area (Å²) in [6, 6.07) is 0.117. The minimum atomic E-state index is -2.86. The van der Waals surface area contributed by atoms with Crippen LogP contribution in [0, 0.1) is 6.92 Å². The van der Waals surface area contributed by atoms with Gasteiger partial charge in [0, 0.05) is 17.0 Å². The van der Waals surface area contributed by atoms with Crippen molar-refractivity contribution in [3.8, 4) is 0 Å². The third-order valence-corrected chi connectivity index (χ3v) is 5.74. The molecule has 1 aromatic rings. The number of hydrogen-bond acceptors (Lipinski definition) is 5. The van der Waals surface area contributed by atoms with Crippen LogP contribution in [0.5, 0.6) is 0 Å². The maximum atomic E-state index is 11.5. The molecule has 0 aromatic carbocycles. The minimum absolute atomic E-state index is 0.117. The van der Waals surface area contributed by atoms with Crippen LogP contribution in [0.25, 0.3) is 0 Å². The van der Waals surface area contributed by atoms with Crippen LogP contribution in [0.1, 0.15) is 45.0 Å². The Balaban J connectivity index is 2.22. The van der Waals surface area contributed by atoms with E-state index in [9.17, 15) is 8.42 Å². The summed E-state index contributed by atoms with van der Waals surface area (Å²) in [7, 11) is -2.86. The van der Waals surface area contributed by atoms with Gasteiger partial charge in [0.05, 0.1) is 11.5 Å². The van der Waals surface area contributed by atoms with Crippen LogP contribution >= 0.6 is 11.6 Å². The second-order valence-electron chi connectivity index (χ2n) is 6.63. The standard InChI is InChI=1S/C14H22ClN3O2S/c1-9-11(15)17-13(14(2,3)4)18-12(9)16-10-5-7-21(19,20)8-6-10/h10H,5-8H2,1-4H3,(H,16,17,18). The molecule has 0 saturated carbocycles. The van der Waals surface area contributed by atoms with Crippen molar-refractivity contribution in [1.29, 1.82) is 0 Å². The molecule has 0 atom stereocenters. The van der Waals surface area contributed by atoms with Crippen molar-refractivity contribution in [2.45, 2.75) is 52.0 Å². The zero-order valence-corrected chi connectivity index (χ0v) is 14.5. The molecule has 118 valence electrons. The Kier molecular flexibility index (Phi) is 4.49. The van der Waals surface area contributed by atoms with Gasteiger partial charge in [-0.25, -0.2) is 18.4 Å². The summed E-state index contributed by atoms with van der Waals surface area (Å²) >= 11 is 6.20. The second kappa shape index (κ2) is 5.72. The highest BCUT2D eigenvalue weighted by Crippen LogP contribution is 2.27. The third kappa shape index (κ3) is 4.07. The zero-order chi connectivity index (χ0) is 15.8. The molecule has 21 heavy (non-hydrogen) atoms. The molecule has 2 rings (SSSR count). The number of hydrogen-bond donors (Lipinski definition) is 1. The summed E-state index contributed by atoms with van der Waals surface area (Å²) in [4.78, 5) is 8.92. The Hall–Kier alpha value is -0.880. The van der Waals surface area contributed by atoms with Crippen molar-refractivity contribution in [3.05, 3.63) is 16.5 Å². The summed E-state index contributed by atoms with van der Waals surface area (Å²) in [5.74, 6) is 1.86. The van der Waals surface area contributed by atoms with Gasteiger partial charge in [-0.1, -0.05) is 32.4 Å². The maximum Gasteiger partial charge on any atom is 0.150 e. The number of halogens is 1. The first-order valence-corrected chi connectivity index (χ1v) is 9.30. The van der Waals surface area contributed by atoms with Gasteiger partial charge in [-0.15, -0.1) is 0 Å². The summed E-state index contributed by atoms with van der Waals surface area (Å²) in [6.07, 6.45) is 1.21. The molecule has 7 heteroatoms. The van der Waals surface area contributed by atoms with Crippen LogP contribution in [0.3, 0.4) is 0 Å². The molecule has 1 aromatic heterocycles. The van der Waals surface area contributed by atoms with Gasteiger partial charge in [-0.2, -0.15) is 0 Å². The third-order valence-electron chi connectivity index (χ3n) is 3.65. The van der Waals surface area contributed by atoms with Crippen LogP contribution in [0.4, 0.5) is 5.82 Å². The lowest BCUT2D eigenvalue weighted by Gasteiger charge is -2.26. The minimum Gasteiger partial charge on any atom is -0.367 e. The molecule has 0 unspecified atom stereocenters. The average Bonchev–Trinajstić information content (AvgIpc) is 2.35. The molecule has 1 aliphatic heterocycles. The fraction of sp³-hybridized carbons (Fsp3) is 0.714. The molecule has 1 fully saturated rings. The first-order chi connectivity index (χ1) is 9.58. The highest BCUT2D eigenvalue weighted by atomic mass is 35.5. The molecule has 1 saturated heterocycles. The molecular formula is C14H22ClN3O2S. The molecule has 0 amide bonds. The molecule has 1 N–H and O–H groups in total. The van der Waals surface area contributed by atoms with Gasteiger partial charge >= 0.3 is 0 Å². The molecule has 1 aliphatic rings. The van der Waals surface area contributed by atoms with Crippen molar-refractivity contribution < 1.29 is 8.42 Å². The van der Waals surface area contributed by atoms with Gasteiger partial charge < -0.3 is 5.32 Å². The number of anilines is 1. The van der Waals surface area contributed by atoms with Crippen molar-refractivity contribution in [2.75, 3.05) is 16.8 Å². The molecule has 2 heterocycles. The molecule has 0 radical (unpaired) electrons. The van der Waals surface area contributed by atoms with Crippen LogP contribution in [-0.2, 0) is 15.3 Å². The highest BCUT2D eigenvalue weighted by Gasteiger charge is 2.26. The van der Waals surface area contributed by atoms with Crippen molar-refractivity contribution in [2.24, 2.45) is 0 Å². The number of aromatic nitrogens is 2. The van der Waals surface area contributed by atoms with Gasteiger partial charge in [0.25, 0.3) is 0 Å². The summed E-state index contributed by atoms with van der Waals surface area (Å²) in [6.45, 7) is 7.97. The van der Waals surface area contributed by atoms with Gasteiger partial charge in [-0.3, -0.25) is 0 Å². The Morgan fingerprint density at radius 1 is 1.19 bits per heavy atom. The van der Waals surface area contributed by atoms with E-state index in [0.29, 0.717) is 29.6 Å². The maximum absolute atomic E-state index is 11.5. The van der Waals surface area contributed by atoms with Gasteiger partial charge in [0.2, 0.25) is 0 Å². The van der Waals surface area contributed by atoms with E-state index < -0.39 is 9.84 Å². The normalized spacial score (nSPS) is 19.5. The van der Waals surface area contributed by atoms with Crippen LogP contribution in [0.2, 0.25) is 5.15 Å². The molecule has 5 nitrogen and oxygen atoms in total. The smallest absolute Gasteiger partial charge is 0.150 e. The van der Waals surface area contributed by atoms with E-state index in [4.69, 9.17) is 11.6 Å². The van der Waals surface area contributed by atoms with E-state index in [1.807, 2.05) is 27.7 Å². The summed E-state index contributed by atoms with van der Waals surface area (Å²) in [5.41, 5.74) is 0.613. The zero-order valence-electron chi connectivity index (χ0n) is 12.9. The predicted molar refractivity (Wildman–Crippen MR) is 85.8 cm³/mol. The van der Waals surface area contributed by atoms with E-state index in [2.05, 4.69) is 15.3 Å². The Morgan fingerprint density at radius 2 is 1.76 bits per heavy atom. The van der Waals surface area contributed by atoms with Gasteiger partial charge in [0.15, 0.2) is 0 Å². The number of nitrogens with one attached hydrogen (secondary N) is 1. The van der Waals surface area contributed by atoms with Crippen molar-refractivity contribution >= 4 is 27.3 Å². The van der Waals surface area contributed by atoms with Crippen molar-refractivity contribution in [3.63, 3.8) is 0 Å². The highest BCUT2D eigenvalue weighted by molar-refractivity contribution is 7.91. The lowest BCUT2D eigenvalue weighted by Crippen LogP contribution is -2.33. The first-order valence-electron chi connectivity index (χ1n) is 7.10. The SMILES string of the molecule is Cc1c(Cl)nc(C(C)(C)C)nc1NC1CCS(=O)(=O)CC1. The predicted octanol–water partition coefficient (Wildman–Crippen LogP) is 2.73. The van der Waals surface area contributed by atoms with E-state index in [1.165, 1.54) is 0 Å².